The van der Waals surface area contributed by atoms with Gasteiger partial charge in [-0.3, -0.25) is 4.79 Å². The molecule has 1 saturated heterocycles. The van der Waals surface area contributed by atoms with E-state index in [1.165, 1.54) is 16.0 Å². The van der Waals surface area contributed by atoms with Gasteiger partial charge in [0.2, 0.25) is 0 Å². The van der Waals surface area contributed by atoms with Gasteiger partial charge < -0.3 is 15.1 Å². The van der Waals surface area contributed by atoms with Crippen molar-refractivity contribution >= 4 is 17.7 Å². The van der Waals surface area contributed by atoms with Crippen LogP contribution in [0.2, 0.25) is 0 Å². The van der Waals surface area contributed by atoms with Gasteiger partial charge in [0.25, 0.3) is 5.91 Å². The Kier molecular flexibility index (Phi) is 7.01. The van der Waals surface area contributed by atoms with Gasteiger partial charge in [0.15, 0.2) is 6.54 Å². The van der Waals surface area contributed by atoms with Gasteiger partial charge in [0.05, 0.1) is 6.54 Å². The van der Waals surface area contributed by atoms with Gasteiger partial charge in [-0.2, -0.15) is 0 Å². The minimum absolute atomic E-state index is 0.123. The minimum atomic E-state index is 0.123. The number of piperazine rings is 1. The maximum Gasteiger partial charge on any atom is 0.279 e. The second kappa shape index (κ2) is 9.67. The molecule has 0 spiro atoms. The Morgan fingerprint density at radius 3 is 2.21 bits per heavy atom. The van der Waals surface area contributed by atoms with E-state index in [0.29, 0.717) is 6.54 Å². The van der Waals surface area contributed by atoms with E-state index < -0.39 is 0 Å². The Morgan fingerprint density at radius 1 is 0.964 bits per heavy atom. The first-order valence-electron chi connectivity index (χ1n) is 10.3. The fourth-order valence-corrected chi connectivity index (χ4v) is 4.05. The van der Waals surface area contributed by atoms with Gasteiger partial charge in [-0.05, 0) is 43.5 Å². The molecule has 4 nitrogen and oxygen atoms in total. The van der Waals surface area contributed by atoms with Crippen LogP contribution in [0.25, 0.3) is 6.08 Å². The van der Waals surface area contributed by atoms with Crippen molar-refractivity contribution in [2.24, 2.45) is 0 Å². The van der Waals surface area contributed by atoms with Crippen LogP contribution >= 0.6 is 0 Å². The lowest BCUT2D eigenvalue weighted by Crippen LogP contribution is -3.28. The second-order valence-electron chi connectivity index (χ2n) is 8.02. The summed E-state index contributed by atoms with van der Waals surface area (Å²) in [6, 6.07) is 14.7. The molecule has 1 amide bonds. The molecule has 2 aromatic carbocycles. The van der Waals surface area contributed by atoms with E-state index >= 15 is 0 Å². The SMILES string of the molecule is Cc1cc(C)c(NC(=O)C[NH+]2CC[NH+](C/C=C/c3ccccc3)CC2)c(C)c1. The summed E-state index contributed by atoms with van der Waals surface area (Å²) in [5, 5.41) is 3.14. The summed E-state index contributed by atoms with van der Waals surface area (Å²) in [5.74, 6) is 0.123. The summed E-state index contributed by atoms with van der Waals surface area (Å²) in [7, 11) is 0. The highest BCUT2D eigenvalue weighted by atomic mass is 16.2. The first kappa shape index (κ1) is 20.3. The highest BCUT2D eigenvalue weighted by molar-refractivity contribution is 5.93. The van der Waals surface area contributed by atoms with Crippen molar-refractivity contribution in [3.05, 3.63) is 70.8 Å². The summed E-state index contributed by atoms with van der Waals surface area (Å²) in [6.45, 7) is 12.2. The van der Waals surface area contributed by atoms with E-state index in [-0.39, 0.29) is 5.91 Å². The molecular weight excluding hydrogens is 346 g/mol. The lowest BCUT2D eigenvalue weighted by atomic mass is 10.1. The van der Waals surface area contributed by atoms with Crippen LogP contribution in [0.4, 0.5) is 5.69 Å². The molecule has 0 unspecified atom stereocenters. The largest absolute Gasteiger partial charge is 0.322 e. The van der Waals surface area contributed by atoms with Gasteiger partial charge in [-0.25, -0.2) is 0 Å². The Balaban J connectivity index is 1.43. The van der Waals surface area contributed by atoms with Crippen molar-refractivity contribution < 1.29 is 14.6 Å². The van der Waals surface area contributed by atoms with Crippen molar-refractivity contribution in [2.45, 2.75) is 20.8 Å². The number of benzene rings is 2. The molecule has 0 radical (unpaired) electrons. The molecule has 2 aromatic rings. The summed E-state index contributed by atoms with van der Waals surface area (Å²) >= 11 is 0. The van der Waals surface area contributed by atoms with E-state index in [1.54, 1.807) is 4.90 Å². The zero-order valence-electron chi connectivity index (χ0n) is 17.3. The Hall–Kier alpha value is -2.43. The highest BCUT2D eigenvalue weighted by Gasteiger charge is 2.24. The third-order valence-corrected chi connectivity index (χ3v) is 5.53. The number of nitrogens with one attached hydrogen (secondary N) is 3. The van der Waals surface area contributed by atoms with Crippen LogP contribution in [0.5, 0.6) is 0 Å². The quantitative estimate of drug-likeness (QED) is 0.690. The molecule has 148 valence electrons. The summed E-state index contributed by atoms with van der Waals surface area (Å²) in [5.41, 5.74) is 5.74. The summed E-state index contributed by atoms with van der Waals surface area (Å²) in [4.78, 5) is 15.5. The molecule has 4 heteroatoms. The van der Waals surface area contributed by atoms with Crippen LogP contribution < -0.4 is 15.1 Å². The van der Waals surface area contributed by atoms with Crippen molar-refractivity contribution in [1.29, 1.82) is 0 Å². The Bertz CT molecular complexity index is 798. The lowest BCUT2D eigenvalue weighted by molar-refractivity contribution is -1.01. The van der Waals surface area contributed by atoms with Crippen molar-refractivity contribution in [3.8, 4) is 0 Å². The van der Waals surface area contributed by atoms with Crippen LogP contribution in [0.15, 0.2) is 48.5 Å². The van der Waals surface area contributed by atoms with Gasteiger partial charge in [-0.1, -0.05) is 54.1 Å². The summed E-state index contributed by atoms with van der Waals surface area (Å²) < 4.78 is 0. The zero-order chi connectivity index (χ0) is 19.9. The molecule has 0 bridgehead atoms. The number of carbonyl (C=O) groups is 1. The molecule has 1 aliphatic rings. The molecular formula is C24H33N3O+2. The van der Waals surface area contributed by atoms with Crippen LogP contribution in [0.3, 0.4) is 0 Å². The fourth-order valence-electron chi connectivity index (χ4n) is 4.05. The normalized spacial score (nSPS) is 19.7. The van der Waals surface area contributed by atoms with Crippen LogP contribution in [-0.4, -0.2) is 45.2 Å². The number of hydrogen-bond donors (Lipinski definition) is 3. The molecule has 0 saturated carbocycles. The predicted molar refractivity (Wildman–Crippen MR) is 116 cm³/mol. The zero-order valence-corrected chi connectivity index (χ0v) is 17.3. The smallest absolute Gasteiger partial charge is 0.279 e. The van der Waals surface area contributed by atoms with Gasteiger partial charge in [0.1, 0.15) is 26.2 Å². The first-order valence-corrected chi connectivity index (χ1v) is 10.3. The van der Waals surface area contributed by atoms with Gasteiger partial charge in [-0.15, -0.1) is 0 Å². The molecule has 28 heavy (non-hydrogen) atoms. The van der Waals surface area contributed by atoms with Gasteiger partial charge in [0, 0.05) is 5.69 Å². The Morgan fingerprint density at radius 2 is 1.57 bits per heavy atom. The van der Waals surface area contributed by atoms with Crippen molar-refractivity contribution in [1.82, 2.24) is 0 Å². The highest BCUT2D eigenvalue weighted by Crippen LogP contribution is 2.21. The number of rotatable bonds is 6. The fraction of sp³-hybridized carbons (Fsp3) is 0.375. The average molecular weight is 380 g/mol. The number of anilines is 1. The van der Waals surface area contributed by atoms with Crippen LogP contribution in [0.1, 0.15) is 22.3 Å². The van der Waals surface area contributed by atoms with Crippen molar-refractivity contribution in [3.63, 3.8) is 0 Å². The first-order chi connectivity index (χ1) is 13.5. The van der Waals surface area contributed by atoms with Crippen molar-refractivity contribution in [2.75, 3.05) is 44.6 Å². The van der Waals surface area contributed by atoms with E-state index in [0.717, 1.165) is 49.5 Å². The number of hydrogen-bond acceptors (Lipinski definition) is 1. The number of quaternary nitrogens is 2. The van der Waals surface area contributed by atoms with Crippen LogP contribution in [0, 0.1) is 20.8 Å². The maximum atomic E-state index is 12.5. The maximum absolute atomic E-state index is 12.5. The number of aryl methyl sites for hydroxylation is 3. The lowest BCUT2D eigenvalue weighted by Gasteiger charge is -2.28. The third-order valence-electron chi connectivity index (χ3n) is 5.53. The van der Waals surface area contributed by atoms with E-state index in [1.807, 2.05) is 6.07 Å². The third kappa shape index (κ3) is 5.78. The second-order valence-corrected chi connectivity index (χ2v) is 8.02. The Labute approximate surface area is 168 Å². The molecule has 3 N–H and O–H groups in total. The van der Waals surface area contributed by atoms with E-state index in [4.69, 9.17) is 0 Å². The van der Waals surface area contributed by atoms with E-state index in [2.05, 4.69) is 74.6 Å². The molecule has 0 aromatic heterocycles. The topological polar surface area (TPSA) is 38.0 Å². The molecule has 1 heterocycles. The molecule has 1 aliphatic heterocycles. The number of carbonyl (C=O) groups excluding carboxylic acids is 1. The average Bonchev–Trinajstić information content (AvgIpc) is 2.67. The number of amides is 1. The molecule has 1 fully saturated rings. The van der Waals surface area contributed by atoms with Gasteiger partial charge >= 0.3 is 0 Å². The molecule has 0 atom stereocenters. The minimum Gasteiger partial charge on any atom is -0.322 e. The summed E-state index contributed by atoms with van der Waals surface area (Å²) in [6.07, 6.45) is 4.47. The standard InChI is InChI=1S/C24H31N3O/c1-19-16-20(2)24(21(3)17-19)25-23(28)18-27-14-12-26(13-15-27)11-7-10-22-8-5-4-6-9-22/h4-10,16-17H,11-15,18H2,1-3H3,(H,25,28)/p+2/b10-7+. The van der Waals surface area contributed by atoms with Crippen LogP contribution in [-0.2, 0) is 4.79 Å². The molecule has 0 aliphatic carbocycles. The predicted octanol–water partition coefficient (Wildman–Crippen LogP) is 1.05. The molecule has 3 rings (SSSR count). The van der Waals surface area contributed by atoms with E-state index in [9.17, 15) is 4.79 Å². The monoisotopic (exact) mass is 379 g/mol.